The molecule has 5 heteroatoms. The fourth-order valence-electron chi connectivity index (χ4n) is 12.9. The summed E-state index contributed by atoms with van der Waals surface area (Å²) in [5, 5.41) is 18.5. The highest BCUT2D eigenvalue weighted by Gasteiger charge is 2.66. The number of hydrogen-bond donors (Lipinski definition) is 2. The van der Waals surface area contributed by atoms with Crippen molar-refractivity contribution in [2.24, 2.45) is 56.7 Å². The average Bonchev–Trinajstić information content (AvgIpc) is 3.35. The van der Waals surface area contributed by atoms with Gasteiger partial charge >= 0.3 is 5.97 Å². The van der Waals surface area contributed by atoms with Gasteiger partial charge < -0.3 is 14.9 Å². The van der Waals surface area contributed by atoms with Crippen molar-refractivity contribution in [3.05, 3.63) is 53.3 Å². The first-order valence-corrected chi connectivity index (χ1v) is 20.4. The molecule has 1 aromatic carbocycles. The first kappa shape index (κ1) is 39.6. The molecule has 0 heterocycles. The van der Waals surface area contributed by atoms with E-state index in [4.69, 9.17) is 9.84 Å². The monoisotopic (exact) mass is 703 g/mol. The molecule has 0 radical (unpaired) electrons. The number of carbonyl (C=O) groups is 2. The highest BCUT2D eigenvalue weighted by Crippen LogP contribution is 2.73. The van der Waals surface area contributed by atoms with Gasteiger partial charge in [0.2, 0.25) is 0 Å². The average molecular weight is 703 g/mol. The van der Waals surface area contributed by atoms with Crippen LogP contribution in [-0.2, 0) is 20.7 Å². The maximum Gasteiger partial charge on any atom is 0.309 e. The Labute approximate surface area is 310 Å². The molecule has 1 aromatic rings. The molecule has 6 rings (SSSR count). The quantitative estimate of drug-likeness (QED) is 0.250. The lowest BCUT2D eigenvalue weighted by molar-refractivity contribution is -0.206. The molecule has 0 amide bonds. The second kappa shape index (κ2) is 14.3. The molecule has 0 aliphatic heterocycles. The number of allylic oxidation sites excluding steroid dienone is 3. The lowest BCUT2D eigenvalue weighted by Crippen LogP contribution is -2.62. The van der Waals surface area contributed by atoms with E-state index in [2.05, 4.69) is 62.0 Å². The molecule has 51 heavy (non-hydrogen) atoms. The third kappa shape index (κ3) is 6.98. The van der Waals surface area contributed by atoms with Gasteiger partial charge in [-0.25, -0.2) is 0 Å². The lowest BCUT2D eigenvalue weighted by atomic mass is 9.36. The van der Waals surface area contributed by atoms with Gasteiger partial charge in [0.15, 0.2) is 5.78 Å². The molecule has 4 saturated carbocycles. The number of ether oxygens (including phenoxy) is 1. The van der Waals surface area contributed by atoms with E-state index in [0.29, 0.717) is 58.7 Å². The van der Waals surface area contributed by atoms with Crippen LogP contribution in [0.1, 0.15) is 152 Å². The lowest BCUT2D eigenvalue weighted by Gasteiger charge is -2.69. The van der Waals surface area contributed by atoms with Gasteiger partial charge in [-0.3, -0.25) is 9.59 Å². The fraction of sp³-hybridized carbons (Fsp3) is 0.739. The Morgan fingerprint density at radius 2 is 1.59 bits per heavy atom. The predicted octanol–water partition coefficient (Wildman–Crippen LogP) is 11.7. The van der Waals surface area contributed by atoms with Crippen molar-refractivity contribution in [2.75, 3.05) is 0 Å². The van der Waals surface area contributed by atoms with E-state index in [9.17, 15) is 14.7 Å². The third-order valence-corrected chi connectivity index (χ3v) is 15.3. The van der Waals surface area contributed by atoms with Gasteiger partial charge in [-0.2, -0.15) is 0 Å². The second-order valence-corrected chi connectivity index (χ2v) is 19.5. The number of Topliss-reactive ketones (excluding diaryl/α,β-unsaturated/α-hetero) is 1. The number of carboxylic acids is 1. The molecule has 0 saturated heterocycles. The Kier molecular flexibility index (Phi) is 11.2. The van der Waals surface area contributed by atoms with Crippen molar-refractivity contribution >= 4 is 11.8 Å². The van der Waals surface area contributed by atoms with Crippen LogP contribution < -0.4 is 0 Å². The number of benzene rings is 1. The Balaban J connectivity index is 0.000000488. The van der Waals surface area contributed by atoms with Crippen LogP contribution in [0, 0.1) is 56.7 Å². The second-order valence-electron chi connectivity index (χ2n) is 19.5. The molecule has 5 aliphatic rings. The van der Waals surface area contributed by atoms with E-state index in [1.807, 2.05) is 12.1 Å². The van der Waals surface area contributed by atoms with Crippen LogP contribution in [0.15, 0.2) is 47.7 Å². The number of rotatable bonds is 9. The zero-order chi connectivity index (χ0) is 37.7. The summed E-state index contributed by atoms with van der Waals surface area (Å²) in [6.45, 7) is 26.7. The molecule has 0 spiro atoms. The Morgan fingerprint density at radius 1 is 0.941 bits per heavy atom. The maximum absolute atomic E-state index is 13.5. The summed E-state index contributed by atoms with van der Waals surface area (Å²) in [5.41, 5.74) is 3.96. The molecule has 284 valence electrons. The Bertz CT molecular complexity index is 1500. The highest BCUT2D eigenvalue weighted by molar-refractivity contribution is 6.00. The van der Waals surface area contributed by atoms with Crippen LogP contribution in [0.3, 0.4) is 0 Å². The van der Waals surface area contributed by atoms with Crippen molar-refractivity contribution in [2.45, 2.75) is 159 Å². The van der Waals surface area contributed by atoms with E-state index in [0.717, 1.165) is 32.1 Å². The minimum Gasteiger partial charge on any atom is -0.508 e. The summed E-state index contributed by atoms with van der Waals surface area (Å²) in [7, 11) is 0. The van der Waals surface area contributed by atoms with Crippen LogP contribution in [0.2, 0.25) is 0 Å². The third-order valence-electron chi connectivity index (χ3n) is 15.3. The molecule has 2 N–H and O–H groups in total. The van der Waals surface area contributed by atoms with Gasteiger partial charge in [0, 0.05) is 18.3 Å². The smallest absolute Gasteiger partial charge is 0.309 e. The molecule has 5 aliphatic carbocycles. The van der Waals surface area contributed by atoms with Crippen LogP contribution >= 0.6 is 0 Å². The van der Waals surface area contributed by atoms with E-state index in [1.165, 1.54) is 56.1 Å². The van der Waals surface area contributed by atoms with Crippen molar-refractivity contribution in [3.63, 3.8) is 0 Å². The Hall–Kier alpha value is -2.56. The number of fused-ring (bicyclic) bond motifs is 7. The van der Waals surface area contributed by atoms with Crippen molar-refractivity contribution in [1.82, 2.24) is 0 Å². The zero-order valence-corrected chi connectivity index (χ0v) is 33.8. The SMILES string of the molecule is C=C(CC(C)(C)C(=O)O)OC1CCC2(C)C(CCC3(C)C4CCC5(CCC)CC(=O)C(C(C)C)=C5C4CCC32)C1(C)C.CCc1ccc(O)cc1. The molecule has 8 unspecified atom stereocenters. The summed E-state index contributed by atoms with van der Waals surface area (Å²) in [5.74, 6) is 3.47. The zero-order valence-electron chi connectivity index (χ0n) is 33.8. The van der Waals surface area contributed by atoms with Gasteiger partial charge in [-0.05, 0) is 147 Å². The van der Waals surface area contributed by atoms with Crippen molar-refractivity contribution in [1.29, 1.82) is 0 Å². The summed E-state index contributed by atoms with van der Waals surface area (Å²) in [6, 6.07) is 7.27. The normalized spacial score (nSPS) is 35.5. The Morgan fingerprint density at radius 3 is 2.18 bits per heavy atom. The molecule has 0 aromatic heterocycles. The number of phenols is 1. The maximum atomic E-state index is 13.5. The fourth-order valence-corrected chi connectivity index (χ4v) is 12.9. The van der Waals surface area contributed by atoms with Gasteiger partial charge in [0.1, 0.15) is 11.9 Å². The number of carbonyl (C=O) groups excluding carboxylic acids is 1. The van der Waals surface area contributed by atoms with Crippen LogP contribution in [0.5, 0.6) is 5.75 Å². The van der Waals surface area contributed by atoms with Crippen LogP contribution in [0.4, 0.5) is 0 Å². The number of ketones is 1. The topological polar surface area (TPSA) is 83.8 Å². The number of carboxylic acid groups (broad SMARTS) is 1. The van der Waals surface area contributed by atoms with Crippen LogP contribution in [-0.4, -0.2) is 28.1 Å². The summed E-state index contributed by atoms with van der Waals surface area (Å²) >= 11 is 0. The van der Waals surface area contributed by atoms with E-state index < -0.39 is 11.4 Å². The molecule has 8 atom stereocenters. The molecule has 0 bridgehead atoms. The van der Waals surface area contributed by atoms with Crippen LogP contribution in [0.25, 0.3) is 0 Å². The molecular formula is C46H70O5. The van der Waals surface area contributed by atoms with Gasteiger partial charge in [-0.15, -0.1) is 0 Å². The number of hydrogen-bond acceptors (Lipinski definition) is 4. The van der Waals surface area contributed by atoms with Crippen molar-refractivity contribution < 1.29 is 24.5 Å². The van der Waals surface area contributed by atoms with Crippen molar-refractivity contribution in [3.8, 4) is 5.75 Å². The van der Waals surface area contributed by atoms with E-state index >= 15 is 0 Å². The first-order chi connectivity index (χ1) is 23.8. The number of phenolic OH excluding ortho intramolecular Hbond substituents is 1. The summed E-state index contributed by atoms with van der Waals surface area (Å²) in [4.78, 5) is 25.3. The summed E-state index contributed by atoms with van der Waals surface area (Å²) < 4.78 is 6.56. The van der Waals surface area contributed by atoms with E-state index in [1.54, 1.807) is 31.6 Å². The number of aromatic hydroxyl groups is 1. The number of aliphatic carboxylic acids is 1. The standard InChI is InChI=1S/C38H60O4.C8H10O/c1-11-17-38-20-14-26-25(32(38)31(23(2)3)27(39)22-38)12-13-29-36(26,9)18-15-28-35(7,8)30(16-19-37(28,29)10)42-24(4)21-34(5,6)33(40)41;1-2-7-3-5-8(9)6-4-7/h23,25-26,28-30H,4,11-22H2,1-3,5-10H3,(H,40,41);3-6,9H,2H2,1H3. The minimum atomic E-state index is -0.876. The number of aryl methyl sites for hydroxylation is 1. The molecule has 4 fully saturated rings. The van der Waals surface area contributed by atoms with Gasteiger partial charge in [-0.1, -0.05) is 86.1 Å². The van der Waals surface area contributed by atoms with Gasteiger partial charge in [0.05, 0.1) is 11.2 Å². The molecule has 5 nitrogen and oxygen atoms in total. The highest BCUT2D eigenvalue weighted by atomic mass is 16.5. The first-order valence-electron chi connectivity index (χ1n) is 20.4. The predicted molar refractivity (Wildman–Crippen MR) is 207 cm³/mol. The molecular weight excluding hydrogens is 633 g/mol. The van der Waals surface area contributed by atoms with E-state index in [-0.39, 0.29) is 22.3 Å². The largest absolute Gasteiger partial charge is 0.508 e. The summed E-state index contributed by atoms with van der Waals surface area (Å²) in [6.07, 6.45) is 14.2. The van der Waals surface area contributed by atoms with Gasteiger partial charge in [0.25, 0.3) is 0 Å². The minimum absolute atomic E-state index is 0.00442.